The Morgan fingerprint density at radius 1 is 0.923 bits per heavy atom. The molecule has 0 radical (unpaired) electrons. The first-order valence-corrected chi connectivity index (χ1v) is 9.56. The van der Waals surface area contributed by atoms with Crippen LogP contribution in [0, 0.1) is 0 Å². The van der Waals surface area contributed by atoms with Crippen LogP contribution >= 0.6 is 11.3 Å². The van der Waals surface area contributed by atoms with Crippen molar-refractivity contribution < 1.29 is 19.1 Å². The van der Waals surface area contributed by atoms with Crippen LogP contribution in [0.5, 0.6) is 0 Å². The van der Waals surface area contributed by atoms with Gasteiger partial charge in [0.1, 0.15) is 0 Å². The standard InChI is InChI=1S/C21H18N2O2S/c1-24-23(25-2)19-15-11-10-14-13-7-3-4-9-17(13)26-20(14)18(15)16-8-5-6-12-22(16)21(19)23/h3-12,19,21H,1-2H3/q+2. The Morgan fingerprint density at radius 2 is 1.73 bits per heavy atom. The normalized spacial score (nSPS) is 22.1. The number of fused-ring (bicyclic) bond motifs is 10. The van der Waals surface area contributed by atoms with Gasteiger partial charge in [-0.05, 0) is 12.1 Å². The molecule has 5 heteroatoms. The van der Waals surface area contributed by atoms with Crippen LogP contribution < -0.4 is 4.57 Å². The van der Waals surface area contributed by atoms with E-state index in [2.05, 4.69) is 65.4 Å². The molecule has 128 valence electrons. The summed E-state index contributed by atoms with van der Waals surface area (Å²) >= 11 is 1.87. The molecule has 2 unspecified atom stereocenters. The van der Waals surface area contributed by atoms with E-state index in [4.69, 9.17) is 9.68 Å². The number of benzene rings is 2. The number of hydroxylamine groups is 4. The second-order valence-electron chi connectivity index (χ2n) is 6.87. The van der Waals surface area contributed by atoms with E-state index in [9.17, 15) is 0 Å². The monoisotopic (exact) mass is 362 g/mol. The summed E-state index contributed by atoms with van der Waals surface area (Å²) in [5.41, 5.74) is 3.86. The van der Waals surface area contributed by atoms with Gasteiger partial charge in [0.25, 0.3) is 0 Å². The fourth-order valence-corrected chi connectivity index (χ4v) is 5.96. The SMILES string of the molecule is CO[N+]1(OC)C2c3ccc4c(sc5ccccc54)c3-c3cccc[n+]3C21. The first-order chi connectivity index (χ1) is 12.8. The molecule has 0 N–H and O–H groups in total. The summed E-state index contributed by atoms with van der Waals surface area (Å²) in [6.45, 7) is 0. The van der Waals surface area contributed by atoms with Crippen LogP contribution in [0.25, 0.3) is 31.4 Å². The first kappa shape index (κ1) is 14.8. The minimum Gasteiger partial charge on any atom is -0.164 e. The van der Waals surface area contributed by atoms with Crippen molar-refractivity contribution in [1.29, 1.82) is 0 Å². The molecule has 4 heterocycles. The largest absolute Gasteiger partial charge is 0.409 e. The Labute approximate surface area is 154 Å². The molecule has 26 heavy (non-hydrogen) atoms. The summed E-state index contributed by atoms with van der Waals surface area (Å²) in [4.78, 5) is 11.8. The fraction of sp³-hybridized carbons (Fsp3) is 0.190. The molecule has 2 aromatic carbocycles. The van der Waals surface area contributed by atoms with Crippen molar-refractivity contribution >= 4 is 31.5 Å². The number of thiophene rings is 1. The maximum Gasteiger partial charge on any atom is 0.409 e. The van der Waals surface area contributed by atoms with Crippen LogP contribution in [-0.4, -0.2) is 19.0 Å². The van der Waals surface area contributed by atoms with E-state index in [0.717, 1.165) is 0 Å². The van der Waals surface area contributed by atoms with Crippen molar-refractivity contribution in [3.8, 4) is 11.3 Å². The molecular formula is C21H18N2O2S+2. The maximum atomic E-state index is 5.83. The van der Waals surface area contributed by atoms with Gasteiger partial charge in [0.05, 0.1) is 19.8 Å². The Balaban J connectivity index is 1.75. The molecule has 0 spiro atoms. The lowest BCUT2D eigenvalue weighted by atomic mass is 9.95. The van der Waals surface area contributed by atoms with Crippen LogP contribution in [0.15, 0.2) is 60.8 Å². The smallest absolute Gasteiger partial charge is 0.164 e. The van der Waals surface area contributed by atoms with Gasteiger partial charge in [0.15, 0.2) is 6.20 Å². The van der Waals surface area contributed by atoms with Gasteiger partial charge in [-0.25, -0.2) is 0 Å². The number of aromatic nitrogens is 1. The molecular weight excluding hydrogens is 344 g/mol. The third-order valence-corrected chi connectivity index (χ3v) is 7.05. The van der Waals surface area contributed by atoms with E-state index in [0.29, 0.717) is 0 Å². The molecule has 4 aromatic rings. The van der Waals surface area contributed by atoms with Gasteiger partial charge >= 0.3 is 12.2 Å². The molecule has 0 aliphatic carbocycles. The lowest BCUT2D eigenvalue weighted by Gasteiger charge is -2.09. The highest BCUT2D eigenvalue weighted by atomic mass is 32.1. The quantitative estimate of drug-likeness (QED) is 0.297. The Hall–Kier alpha value is -2.31. The summed E-state index contributed by atoms with van der Waals surface area (Å²) in [6.07, 6.45) is 2.26. The summed E-state index contributed by atoms with van der Waals surface area (Å²) in [5, 5.41) is 2.65. The first-order valence-electron chi connectivity index (χ1n) is 8.75. The third-order valence-electron chi connectivity index (χ3n) is 5.85. The van der Waals surface area contributed by atoms with Crippen LogP contribution in [0.1, 0.15) is 17.8 Å². The average Bonchev–Trinajstić information content (AvgIpc) is 3.24. The van der Waals surface area contributed by atoms with Crippen molar-refractivity contribution in [3.05, 3.63) is 66.4 Å². The molecule has 2 atom stereocenters. The predicted octanol–water partition coefficient (Wildman–Crippen LogP) is 4.52. The molecule has 2 aromatic heterocycles. The highest BCUT2D eigenvalue weighted by molar-refractivity contribution is 7.26. The number of nitrogens with zero attached hydrogens (tertiary/aromatic N) is 2. The third kappa shape index (κ3) is 1.58. The van der Waals surface area contributed by atoms with E-state index in [1.54, 1.807) is 14.2 Å². The molecule has 1 fully saturated rings. The van der Waals surface area contributed by atoms with E-state index in [1.165, 1.54) is 37.0 Å². The maximum absolute atomic E-state index is 5.83. The molecule has 6 rings (SSSR count). The van der Waals surface area contributed by atoms with Gasteiger partial charge in [0.2, 0.25) is 5.69 Å². The van der Waals surface area contributed by atoms with Gasteiger partial charge in [-0.1, -0.05) is 30.3 Å². The lowest BCUT2D eigenvalue weighted by molar-refractivity contribution is -1.21. The lowest BCUT2D eigenvalue weighted by Crippen LogP contribution is -2.42. The zero-order chi connectivity index (χ0) is 17.5. The van der Waals surface area contributed by atoms with Crippen molar-refractivity contribution in [1.82, 2.24) is 0 Å². The number of quaternary nitrogens is 1. The highest BCUT2D eigenvalue weighted by Crippen LogP contribution is 2.63. The zero-order valence-corrected chi connectivity index (χ0v) is 15.4. The summed E-state index contributed by atoms with van der Waals surface area (Å²) in [5.74, 6) is 0. The molecule has 2 aliphatic rings. The average molecular weight is 362 g/mol. The summed E-state index contributed by atoms with van der Waals surface area (Å²) in [7, 11) is 3.45. The number of rotatable bonds is 2. The van der Waals surface area contributed by atoms with E-state index in [1.807, 2.05) is 11.3 Å². The van der Waals surface area contributed by atoms with Gasteiger partial charge < -0.3 is 0 Å². The fourth-order valence-electron chi connectivity index (χ4n) is 4.70. The van der Waals surface area contributed by atoms with Gasteiger partial charge in [-0.15, -0.1) is 15.9 Å². The second kappa shape index (κ2) is 4.90. The van der Waals surface area contributed by atoms with E-state index < -0.39 is 0 Å². The van der Waals surface area contributed by atoms with E-state index in [-0.39, 0.29) is 17.0 Å². The van der Waals surface area contributed by atoms with Crippen molar-refractivity contribution in [2.45, 2.75) is 12.2 Å². The minimum absolute atomic E-state index is 0.125. The Kier molecular flexibility index (Phi) is 2.79. The Morgan fingerprint density at radius 3 is 2.58 bits per heavy atom. The van der Waals surface area contributed by atoms with Crippen molar-refractivity contribution in [2.24, 2.45) is 0 Å². The van der Waals surface area contributed by atoms with Crippen molar-refractivity contribution in [3.63, 3.8) is 0 Å². The van der Waals surface area contributed by atoms with Gasteiger partial charge in [-0.3, -0.25) is 0 Å². The van der Waals surface area contributed by atoms with E-state index >= 15 is 0 Å². The molecule has 2 aliphatic heterocycles. The van der Waals surface area contributed by atoms with Gasteiger partial charge in [0, 0.05) is 42.7 Å². The second-order valence-corrected chi connectivity index (χ2v) is 7.92. The topological polar surface area (TPSA) is 22.3 Å². The summed E-state index contributed by atoms with van der Waals surface area (Å²) in [6, 6.07) is 19.7. The number of pyridine rings is 1. The molecule has 0 bridgehead atoms. The van der Waals surface area contributed by atoms with Crippen LogP contribution in [-0.2, 0) is 9.68 Å². The number of hydrogen-bond acceptors (Lipinski definition) is 3. The highest BCUT2D eigenvalue weighted by Gasteiger charge is 2.83. The van der Waals surface area contributed by atoms with Gasteiger partial charge in [-0.2, -0.15) is 9.68 Å². The summed E-state index contributed by atoms with van der Waals surface area (Å²) < 4.78 is 4.99. The number of hydrogen-bond donors (Lipinski definition) is 0. The zero-order valence-electron chi connectivity index (χ0n) is 14.5. The van der Waals surface area contributed by atoms with Crippen LogP contribution in [0.3, 0.4) is 0 Å². The van der Waals surface area contributed by atoms with Crippen LogP contribution in [0.2, 0.25) is 0 Å². The van der Waals surface area contributed by atoms with Crippen molar-refractivity contribution in [2.75, 3.05) is 14.2 Å². The molecule has 4 nitrogen and oxygen atoms in total. The predicted molar refractivity (Wildman–Crippen MR) is 101 cm³/mol. The molecule has 0 amide bonds. The molecule has 0 saturated carbocycles. The Bertz CT molecular complexity index is 1200. The van der Waals surface area contributed by atoms with Crippen LogP contribution in [0.4, 0.5) is 0 Å². The minimum atomic E-state index is 0.125. The molecule has 1 saturated heterocycles.